The minimum atomic E-state index is -0.713. The molecule has 0 fully saturated rings. The Kier molecular flexibility index (Phi) is 13.6. The molecule has 3 heteroatoms. The second-order valence-electron chi connectivity index (χ2n) is 7.41. The third kappa shape index (κ3) is 12.8. The van der Waals surface area contributed by atoms with E-state index in [1.807, 2.05) is 0 Å². The fourth-order valence-corrected chi connectivity index (χ4v) is 3.25. The molecule has 1 rings (SSSR count). The number of carboxylic acid groups (broad SMARTS) is 1. The summed E-state index contributed by atoms with van der Waals surface area (Å²) in [5.41, 5.74) is 2.38. The first-order valence-corrected chi connectivity index (χ1v) is 10.8. The molecule has 1 aromatic rings. The average Bonchev–Trinajstić information content (AvgIpc) is 2.63. The van der Waals surface area contributed by atoms with Crippen LogP contribution in [0.15, 0.2) is 24.3 Å². The van der Waals surface area contributed by atoms with Gasteiger partial charge < -0.3 is 10.4 Å². The summed E-state index contributed by atoms with van der Waals surface area (Å²) in [5.74, 6) is -0.713. The van der Waals surface area contributed by atoms with Gasteiger partial charge in [0.1, 0.15) is 0 Å². The Balaban J connectivity index is 1.94. The Bertz CT molecular complexity index is 456. The second kappa shape index (κ2) is 15.7. The molecule has 0 saturated carbocycles. The summed E-state index contributed by atoms with van der Waals surface area (Å²) in [7, 11) is 0. The molecular formula is C23H39NO2. The summed E-state index contributed by atoms with van der Waals surface area (Å²) in [6.45, 7) is 3.31. The molecular weight excluding hydrogens is 322 g/mol. The van der Waals surface area contributed by atoms with Gasteiger partial charge in [-0.2, -0.15) is 0 Å². The molecule has 0 heterocycles. The maximum Gasteiger partial charge on any atom is 0.303 e. The Morgan fingerprint density at radius 2 is 1.35 bits per heavy atom. The number of unbranched alkanes of at least 4 members (excludes halogenated alkanes) is 10. The number of aryl methyl sites for hydroxylation is 1. The van der Waals surface area contributed by atoms with E-state index in [1.165, 1.54) is 81.9 Å². The summed E-state index contributed by atoms with van der Waals surface area (Å²) in [5, 5.41) is 12.1. The van der Waals surface area contributed by atoms with Gasteiger partial charge in [0, 0.05) is 18.7 Å². The van der Waals surface area contributed by atoms with Crippen molar-refractivity contribution in [3.63, 3.8) is 0 Å². The molecule has 148 valence electrons. The van der Waals surface area contributed by atoms with Gasteiger partial charge in [-0.15, -0.1) is 0 Å². The SMILES string of the molecule is CCCCCCCCCCCCCNc1ccc(CCCC(=O)O)cc1. The van der Waals surface area contributed by atoms with Gasteiger partial charge in [0.05, 0.1) is 0 Å². The van der Waals surface area contributed by atoms with Crippen molar-refractivity contribution in [2.24, 2.45) is 0 Å². The van der Waals surface area contributed by atoms with Crippen molar-refractivity contribution in [1.82, 2.24) is 0 Å². The Morgan fingerprint density at radius 1 is 0.808 bits per heavy atom. The van der Waals surface area contributed by atoms with Gasteiger partial charge in [-0.25, -0.2) is 0 Å². The van der Waals surface area contributed by atoms with Crippen LogP contribution in [0.1, 0.15) is 96.0 Å². The molecule has 0 atom stereocenters. The fourth-order valence-electron chi connectivity index (χ4n) is 3.25. The molecule has 0 aliphatic rings. The van der Waals surface area contributed by atoms with Gasteiger partial charge in [-0.1, -0.05) is 83.3 Å². The fraction of sp³-hybridized carbons (Fsp3) is 0.696. The van der Waals surface area contributed by atoms with Crippen LogP contribution >= 0.6 is 0 Å². The zero-order chi connectivity index (χ0) is 18.9. The first-order valence-electron chi connectivity index (χ1n) is 10.8. The van der Waals surface area contributed by atoms with Crippen molar-refractivity contribution in [1.29, 1.82) is 0 Å². The molecule has 26 heavy (non-hydrogen) atoms. The van der Waals surface area contributed by atoms with Gasteiger partial charge in [0.15, 0.2) is 0 Å². The topological polar surface area (TPSA) is 49.3 Å². The highest BCUT2D eigenvalue weighted by atomic mass is 16.4. The summed E-state index contributed by atoms with van der Waals surface area (Å²) in [4.78, 5) is 10.5. The summed E-state index contributed by atoms with van der Waals surface area (Å²) < 4.78 is 0. The molecule has 0 radical (unpaired) electrons. The van der Waals surface area contributed by atoms with Crippen LogP contribution in [0.2, 0.25) is 0 Å². The smallest absolute Gasteiger partial charge is 0.303 e. The van der Waals surface area contributed by atoms with Crippen molar-refractivity contribution in [3.8, 4) is 0 Å². The molecule has 2 N–H and O–H groups in total. The molecule has 0 aliphatic carbocycles. The van der Waals surface area contributed by atoms with Crippen molar-refractivity contribution >= 4 is 11.7 Å². The largest absolute Gasteiger partial charge is 0.481 e. The average molecular weight is 362 g/mol. The van der Waals surface area contributed by atoms with E-state index in [2.05, 4.69) is 36.5 Å². The predicted molar refractivity (Wildman–Crippen MR) is 112 cm³/mol. The number of hydrogen-bond acceptors (Lipinski definition) is 2. The Morgan fingerprint density at radius 3 is 1.88 bits per heavy atom. The molecule has 0 saturated heterocycles. The zero-order valence-corrected chi connectivity index (χ0v) is 16.8. The highest BCUT2D eigenvalue weighted by molar-refractivity contribution is 5.66. The summed E-state index contributed by atoms with van der Waals surface area (Å²) in [6.07, 6.45) is 16.9. The van der Waals surface area contributed by atoms with E-state index >= 15 is 0 Å². The summed E-state index contributed by atoms with van der Waals surface area (Å²) >= 11 is 0. The Hall–Kier alpha value is -1.51. The van der Waals surface area contributed by atoms with Crippen molar-refractivity contribution < 1.29 is 9.90 Å². The summed E-state index contributed by atoms with van der Waals surface area (Å²) in [6, 6.07) is 8.42. The van der Waals surface area contributed by atoms with Crippen LogP contribution in [0.5, 0.6) is 0 Å². The van der Waals surface area contributed by atoms with E-state index in [0.29, 0.717) is 6.42 Å². The van der Waals surface area contributed by atoms with Gasteiger partial charge in [0.25, 0.3) is 0 Å². The van der Waals surface area contributed by atoms with E-state index in [1.54, 1.807) is 0 Å². The van der Waals surface area contributed by atoms with Crippen LogP contribution in [0.3, 0.4) is 0 Å². The van der Waals surface area contributed by atoms with E-state index in [4.69, 9.17) is 5.11 Å². The highest BCUT2D eigenvalue weighted by Crippen LogP contribution is 2.13. The van der Waals surface area contributed by atoms with Crippen LogP contribution < -0.4 is 5.32 Å². The second-order valence-corrected chi connectivity index (χ2v) is 7.41. The van der Waals surface area contributed by atoms with Gasteiger partial charge >= 0.3 is 5.97 Å². The third-order valence-electron chi connectivity index (χ3n) is 4.92. The number of hydrogen-bond donors (Lipinski definition) is 2. The minimum absolute atomic E-state index is 0.249. The van der Waals surface area contributed by atoms with Crippen molar-refractivity contribution in [2.45, 2.75) is 96.8 Å². The highest BCUT2D eigenvalue weighted by Gasteiger charge is 1.99. The molecule has 0 spiro atoms. The molecule has 0 aromatic heterocycles. The number of benzene rings is 1. The van der Waals surface area contributed by atoms with E-state index in [-0.39, 0.29) is 6.42 Å². The van der Waals surface area contributed by atoms with Crippen molar-refractivity contribution in [3.05, 3.63) is 29.8 Å². The quantitative estimate of drug-likeness (QED) is 0.299. The third-order valence-corrected chi connectivity index (χ3v) is 4.92. The molecule has 0 aliphatic heterocycles. The van der Waals surface area contributed by atoms with Crippen LogP contribution in [-0.2, 0) is 11.2 Å². The number of anilines is 1. The van der Waals surface area contributed by atoms with Gasteiger partial charge in [-0.3, -0.25) is 4.79 Å². The normalized spacial score (nSPS) is 10.8. The lowest BCUT2D eigenvalue weighted by Gasteiger charge is -2.08. The standard InChI is InChI=1S/C23H39NO2/c1-2-3-4-5-6-7-8-9-10-11-12-20-24-22-18-16-21(17-19-22)14-13-15-23(25)26/h16-19,24H,2-15,20H2,1H3,(H,25,26). The maximum atomic E-state index is 10.5. The minimum Gasteiger partial charge on any atom is -0.481 e. The number of carbonyl (C=O) groups is 1. The van der Waals surface area contributed by atoms with Crippen LogP contribution in [0.25, 0.3) is 0 Å². The molecule has 1 aromatic carbocycles. The number of carboxylic acids is 1. The lowest BCUT2D eigenvalue weighted by Crippen LogP contribution is -2.01. The van der Waals surface area contributed by atoms with Crippen LogP contribution in [-0.4, -0.2) is 17.6 Å². The maximum absolute atomic E-state index is 10.5. The van der Waals surface area contributed by atoms with Crippen molar-refractivity contribution in [2.75, 3.05) is 11.9 Å². The molecule has 0 bridgehead atoms. The number of aliphatic carboxylic acids is 1. The molecule has 0 amide bonds. The monoisotopic (exact) mass is 361 g/mol. The number of nitrogens with one attached hydrogen (secondary N) is 1. The van der Waals surface area contributed by atoms with Crippen LogP contribution in [0.4, 0.5) is 5.69 Å². The predicted octanol–water partition coefficient (Wildman–Crippen LogP) is 6.82. The van der Waals surface area contributed by atoms with E-state index in [0.717, 1.165) is 13.0 Å². The molecule has 3 nitrogen and oxygen atoms in total. The lowest BCUT2D eigenvalue weighted by molar-refractivity contribution is -0.137. The molecule has 0 unspecified atom stereocenters. The van der Waals surface area contributed by atoms with Gasteiger partial charge in [0.2, 0.25) is 0 Å². The lowest BCUT2D eigenvalue weighted by atomic mass is 10.1. The number of rotatable bonds is 17. The van der Waals surface area contributed by atoms with Gasteiger partial charge in [-0.05, 0) is 37.0 Å². The Labute approximate surface area is 160 Å². The zero-order valence-electron chi connectivity index (χ0n) is 16.8. The van der Waals surface area contributed by atoms with E-state index in [9.17, 15) is 4.79 Å². The van der Waals surface area contributed by atoms with E-state index < -0.39 is 5.97 Å². The van der Waals surface area contributed by atoms with Crippen LogP contribution in [0, 0.1) is 0 Å². The first kappa shape index (κ1) is 22.5. The first-order chi connectivity index (χ1) is 12.7.